The lowest BCUT2D eigenvalue weighted by Gasteiger charge is -2.37. The van der Waals surface area contributed by atoms with Crippen LogP contribution in [-0.4, -0.2) is 34.3 Å². The summed E-state index contributed by atoms with van der Waals surface area (Å²) in [5.41, 5.74) is 1.59. The summed E-state index contributed by atoms with van der Waals surface area (Å²) in [7, 11) is 0. The molecule has 0 spiro atoms. The van der Waals surface area contributed by atoms with Crippen molar-refractivity contribution < 1.29 is 4.79 Å². The summed E-state index contributed by atoms with van der Waals surface area (Å²) < 4.78 is 0. The first-order valence-corrected chi connectivity index (χ1v) is 7.55. The molecule has 1 aliphatic carbocycles. The number of amides is 1. The number of benzene rings is 1. The van der Waals surface area contributed by atoms with Gasteiger partial charge in [-0.3, -0.25) is 9.78 Å². The molecular weight excluding hydrogens is 272 g/mol. The smallest absolute Gasteiger partial charge is 0.254 e. The molecule has 1 aromatic carbocycles. The van der Waals surface area contributed by atoms with Crippen molar-refractivity contribution in [3.8, 4) is 0 Å². The van der Waals surface area contributed by atoms with Gasteiger partial charge in [0.15, 0.2) is 0 Å². The maximum absolute atomic E-state index is 12.8. The van der Waals surface area contributed by atoms with Crippen LogP contribution in [0.25, 0.3) is 10.9 Å². The van der Waals surface area contributed by atoms with Crippen LogP contribution >= 0.6 is 11.6 Å². The molecule has 20 heavy (non-hydrogen) atoms. The van der Waals surface area contributed by atoms with Gasteiger partial charge in [0.2, 0.25) is 0 Å². The first kappa shape index (κ1) is 13.4. The van der Waals surface area contributed by atoms with Crippen molar-refractivity contribution >= 4 is 28.4 Å². The summed E-state index contributed by atoms with van der Waals surface area (Å²) in [5.74, 6) is 0.555. The van der Waals surface area contributed by atoms with Crippen LogP contribution in [0.4, 0.5) is 0 Å². The predicted molar refractivity (Wildman–Crippen MR) is 81.1 cm³/mol. The van der Waals surface area contributed by atoms with E-state index in [4.69, 9.17) is 11.6 Å². The first-order valence-electron chi connectivity index (χ1n) is 7.02. The molecule has 0 atom stereocenters. The molecule has 0 aliphatic heterocycles. The fraction of sp³-hybridized carbons (Fsp3) is 0.375. The number of carbonyl (C=O) groups is 1. The Labute approximate surface area is 123 Å². The highest BCUT2D eigenvalue weighted by Crippen LogP contribution is 2.27. The van der Waals surface area contributed by atoms with Crippen LogP contribution in [0.5, 0.6) is 0 Å². The van der Waals surface area contributed by atoms with E-state index in [0.717, 1.165) is 29.3 Å². The van der Waals surface area contributed by atoms with E-state index in [-0.39, 0.29) is 5.91 Å². The topological polar surface area (TPSA) is 33.2 Å². The minimum atomic E-state index is 0.0777. The number of alkyl halides is 1. The Hall–Kier alpha value is -1.61. The molecule has 0 saturated heterocycles. The largest absolute Gasteiger partial charge is 0.334 e. The molecule has 0 radical (unpaired) electrons. The molecule has 3 rings (SSSR count). The SMILES string of the molecule is O=C(c1cccc2ncccc12)N(CCCl)C1CCC1. The third kappa shape index (κ3) is 2.38. The van der Waals surface area contributed by atoms with Crippen LogP contribution in [0.1, 0.15) is 29.6 Å². The maximum atomic E-state index is 12.8. The number of rotatable bonds is 4. The summed E-state index contributed by atoms with van der Waals surface area (Å²) in [6.07, 6.45) is 5.13. The van der Waals surface area contributed by atoms with Crippen LogP contribution in [0.2, 0.25) is 0 Å². The van der Waals surface area contributed by atoms with Crippen molar-refractivity contribution in [1.82, 2.24) is 9.88 Å². The Morgan fingerprint density at radius 2 is 2.15 bits per heavy atom. The standard InChI is InChI=1S/C16H17ClN2O/c17-9-11-19(12-4-1-5-12)16(20)14-6-2-8-15-13(14)7-3-10-18-15/h2-3,6-8,10,12H,1,4-5,9,11H2. The first-order chi connectivity index (χ1) is 9.81. The zero-order valence-corrected chi connectivity index (χ0v) is 12.0. The highest BCUT2D eigenvalue weighted by atomic mass is 35.5. The molecule has 4 heteroatoms. The Bertz CT molecular complexity index is 619. The number of nitrogens with zero attached hydrogens (tertiary/aromatic N) is 2. The van der Waals surface area contributed by atoms with E-state index in [1.807, 2.05) is 35.2 Å². The number of halogens is 1. The molecule has 1 saturated carbocycles. The van der Waals surface area contributed by atoms with Crippen LogP contribution in [0.3, 0.4) is 0 Å². The molecule has 0 unspecified atom stereocenters. The van der Waals surface area contributed by atoms with Gasteiger partial charge in [0.25, 0.3) is 5.91 Å². The van der Waals surface area contributed by atoms with Gasteiger partial charge in [-0.25, -0.2) is 0 Å². The lowest BCUT2D eigenvalue weighted by molar-refractivity contribution is 0.0600. The highest BCUT2D eigenvalue weighted by molar-refractivity contribution is 6.18. The van der Waals surface area contributed by atoms with Gasteiger partial charge in [-0.2, -0.15) is 0 Å². The van der Waals surface area contributed by atoms with Gasteiger partial charge in [0.1, 0.15) is 0 Å². The van der Waals surface area contributed by atoms with Crippen LogP contribution in [0.15, 0.2) is 36.5 Å². The Balaban J connectivity index is 1.98. The van der Waals surface area contributed by atoms with E-state index in [9.17, 15) is 4.79 Å². The van der Waals surface area contributed by atoms with E-state index in [0.29, 0.717) is 18.5 Å². The van der Waals surface area contributed by atoms with Crippen LogP contribution in [0, 0.1) is 0 Å². The van der Waals surface area contributed by atoms with Crippen molar-refractivity contribution in [3.63, 3.8) is 0 Å². The molecule has 0 N–H and O–H groups in total. The molecule has 1 fully saturated rings. The number of aromatic nitrogens is 1. The monoisotopic (exact) mass is 288 g/mol. The number of hydrogen-bond acceptors (Lipinski definition) is 2. The summed E-state index contributed by atoms with van der Waals surface area (Å²) in [5, 5.41) is 0.916. The number of carbonyl (C=O) groups excluding carboxylic acids is 1. The van der Waals surface area contributed by atoms with E-state index in [1.54, 1.807) is 6.20 Å². The van der Waals surface area contributed by atoms with Gasteiger partial charge in [0.05, 0.1) is 5.52 Å². The summed E-state index contributed by atoms with van der Waals surface area (Å²) in [6.45, 7) is 0.613. The Morgan fingerprint density at radius 1 is 1.30 bits per heavy atom. The fourth-order valence-electron chi connectivity index (χ4n) is 2.68. The molecule has 1 aromatic heterocycles. The van der Waals surface area contributed by atoms with Crippen LogP contribution in [-0.2, 0) is 0 Å². The zero-order chi connectivity index (χ0) is 13.9. The second kappa shape index (κ2) is 5.80. The number of pyridine rings is 1. The van der Waals surface area contributed by atoms with E-state index >= 15 is 0 Å². The molecular formula is C16H17ClN2O. The van der Waals surface area contributed by atoms with E-state index in [2.05, 4.69) is 4.98 Å². The molecule has 3 nitrogen and oxygen atoms in total. The van der Waals surface area contributed by atoms with Crippen LogP contribution < -0.4 is 0 Å². The number of fused-ring (bicyclic) bond motifs is 1. The second-order valence-electron chi connectivity index (χ2n) is 5.15. The fourth-order valence-corrected chi connectivity index (χ4v) is 2.87. The summed E-state index contributed by atoms with van der Waals surface area (Å²) in [6, 6.07) is 9.88. The van der Waals surface area contributed by atoms with Gasteiger partial charge < -0.3 is 4.90 Å². The van der Waals surface area contributed by atoms with Gasteiger partial charge >= 0.3 is 0 Å². The molecule has 2 aromatic rings. The summed E-state index contributed by atoms with van der Waals surface area (Å²) >= 11 is 5.86. The Kier molecular flexibility index (Phi) is 3.88. The summed E-state index contributed by atoms with van der Waals surface area (Å²) in [4.78, 5) is 19.1. The number of hydrogen-bond donors (Lipinski definition) is 0. The highest BCUT2D eigenvalue weighted by Gasteiger charge is 2.29. The van der Waals surface area contributed by atoms with Gasteiger partial charge in [-0.1, -0.05) is 12.1 Å². The second-order valence-corrected chi connectivity index (χ2v) is 5.53. The minimum Gasteiger partial charge on any atom is -0.334 e. The predicted octanol–water partition coefficient (Wildman–Crippen LogP) is 3.47. The maximum Gasteiger partial charge on any atom is 0.254 e. The minimum absolute atomic E-state index is 0.0777. The van der Waals surface area contributed by atoms with Gasteiger partial charge in [0, 0.05) is 35.6 Å². The normalized spacial score (nSPS) is 15.1. The lowest BCUT2D eigenvalue weighted by Crippen LogP contribution is -2.45. The average molecular weight is 289 g/mol. The average Bonchev–Trinajstić information content (AvgIpc) is 2.43. The van der Waals surface area contributed by atoms with Crippen molar-refractivity contribution in [1.29, 1.82) is 0 Å². The van der Waals surface area contributed by atoms with Crippen molar-refractivity contribution in [2.75, 3.05) is 12.4 Å². The third-order valence-corrected chi connectivity index (χ3v) is 4.15. The molecule has 104 valence electrons. The zero-order valence-electron chi connectivity index (χ0n) is 11.3. The molecule has 1 amide bonds. The Morgan fingerprint density at radius 3 is 2.85 bits per heavy atom. The van der Waals surface area contributed by atoms with E-state index in [1.165, 1.54) is 6.42 Å². The molecule has 0 bridgehead atoms. The van der Waals surface area contributed by atoms with Crippen molar-refractivity contribution in [3.05, 3.63) is 42.1 Å². The van der Waals surface area contributed by atoms with Crippen molar-refractivity contribution in [2.45, 2.75) is 25.3 Å². The molecule has 1 heterocycles. The third-order valence-electron chi connectivity index (χ3n) is 3.98. The van der Waals surface area contributed by atoms with Gasteiger partial charge in [-0.15, -0.1) is 11.6 Å². The molecule has 1 aliphatic rings. The quantitative estimate of drug-likeness (QED) is 0.807. The van der Waals surface area contributed by atoms with Gasteiger partial charge in [-0.05, 0) is 37.5 Å². The van der Waals surface area contributed by atoms with E-state index < -0.39 is 0 Å². The lowest BCUT2D eigenvalue weighted by atomic mass is 9.90. The van der Waals surface area contributed by atoms with Crippen molar-refractivity contribution in [2.24, 2.45) is 0 Å².